The lowest BCUT2D eigenvalue weighted by atomic mass is 10.0. The van der Waals surface area contributed by atoms with Crippen molar-refractivity contribution in [2.75, 3.05) is 14.2 Å². The van der Waals surface area contributed by atoms with Gasteiger partial charge in [-0.15, -0.1) is 10.2 Å². The Labute approximate surface area is 159 Å². The second-order valence-electron chi connectivity index (χ2n) is 6.85. The zero-order chi connectivity index (χ0) is 19.9. The first-order valence-corrected chi connectivity index (χ1v) is 8.82. The minimum atomic E-state index is -4.24. The molecule has 0 radical (unpaired) electrons. The highest BCUT2D eigenvalue weighted by molar-refractivity contribution is 5.65. The average molecular weight is 390 g/mol. The average Bonchev–Trinajstić information content (AvgIpc) is 3.58. The quantitative estimate of drug-likeness (QED) is 0.746. The number of aromatic nitrogens is 4. The maximum Gasteiger partial charge on any atom is 0.392 e. The monoisotopic (exact) mass is 390 g/mol. The van der Waals surface area contributed by atoms with Gasteiger partial charge < -0.3 is 9.47 Å². The fourth-order valence-electron chi connectivity index (χ4n) is 3.00. The lowest BCUT2D eigenvalue weighted by Crippen LogP contribution is -2.12. The van der Waals surface area contributed by atoms with E-state index in [9.17, 15) is 13.2 Å². The van der Waals surface area contributed by atoms with Crippen LogP contribution in [0.2, 0.25) is 0 Å². The number of hydrogen-bond acceptors (Lipinski definition) is 6. The van der Waals surface area contributed by atoms with Crippen LogP contribution in [0.15, 0.2) is 12.3 Å². The van der Waals surface area contributed by atoms with E-state index in [1.807, 2.05) is 0 Å². The zero-order valence-corrected chi connectivity index (χ0v) is 15.2. The molecular weight excluding hydrogens is 373 g/mol. The van der Waals surface area contributed by atoms with E-state index in [2.05, 4.69) is 32.0 Å². The van der Waals surface area contributed by atoms with E-state index in [4.69, 9.17) is 9.47 Å². The van der Waals surface area contributed by atoms with Gasteiger partial charge in [0, 0.05) is 12.1 Å². The number of nitrogens with zero attached hydrogens (tertiary/aromatic N) is 4. The van der Waals surface area contributed by atoms with E-state index in [1.165, 1.54) is 20.4 Å². The van der Waals surface area contributed by atoms with E-state index in [0.29, 0.717) is 28.4 Å². The molecule has 0 aliphatic heterocycles. The van der Waals surface area contributed by atoms with Gasteiger partial charge in [0.25, 0.3) is 0 Å². The molecule has 4 rings (SSSR count). The summed E-state index contributed by atoms with van der Waals surface area (Å²) in [5.41, 5.74) is 1.52. The third-order valence-corrected chi connectivity index (χ3v) is 4.79. The molecule has 2 heterocycles. The number of ether oxygens (including phenoxy) is 2. The number of hydrogen-bond donors (Lipinski definition) is 0. The van der Waals surface area contributed by atoms with E-state index >= 15 is 0 Å². The summed E-state index contributed by atoms with van der Waals surface area (Å²) < 4.78 is 49.6. The topological polar surface area (TPSA) is 70.0 Å². The summed E-state index contributed by atoms with van der Waals surface area (Å²) in [5, 5.41) is 8.25. The van der Waals surface area contributed by atoms with Gasteiger partial charge in [0.05, 0.1) is 25.7 Å². The summed E-state index contributed by atoms with van der Waals surface area (Å²) in [5.74, 6) is 4.44. The van der Waals surface area contributed by atoms with Crippen LogP contribution in [0.4, 0.5) is 13.2 Å². The molecule has 2 saturated carbocycles. The lowest BCUT2D eigenvalue weighted by Gasteiger charge is -2.10. The molecule has 0 saturated heterocycles. The van der Waals surface area contributed by atoms with Crippen LogP contribution in [0.1, 0.15) is 36.4 Å². The number of methoxy groups -OCH3 is 2. The maximum atomic E-state index is 13.1. The van der Waals surface area contributed by atoms with Crippen LogP contribution in [0.5, 0.6) is 11.9 Å². The highest BCUT2D eigenvalue weighted by Gasteiger charge is 2.56. The van der Waals surface area contributed by atoms with Crippen LogP contribution in [-0.4, -0.2) is 40.6 Å². The molecule has 2 aliphatic rings. The molecular formula is C19H17F3N4O2. The second kappa shape index (κ2) is 6.93. The largest absolute Gasteiger partial charge is 0.480 e. The predicted molar refractivity (Wildman–Crippen MR) is 92.7 cm³/mol. The van der Waals surface area contributed by atoms with E-state index < -0.39 is 18.0 Å². The van der Waals surface area contributed by atoms with Gasteiger partial charge in [-0.3, -0.25) is 0 Å². The molecule has 6 nitrogen and oxygen atoms in total. The van der Waals surface area contributed by atoms with Gasteiger partial charge in [0.15, 0.2) is 0 Å². The van der Waals surface area contributed by atoms with Crippen LogP contribution in [0, 0.1) is 23.7 Å². The Bertz CT molecular complexity index is 964. The van der Waals surface area contributed by atoms with Gasteiger partial charge >= 0.3 is 12.2 Å². The number of halogens is 3. The van der Waals surface area contributed by atoms with Crippen LogP contribution in [0.25, 0.3) is 11.3 Å². The highest BCUT2D eigenvalue weighted by Crippen LogP contribution is 2.56. The molecule has 0 N–H and O–H groups in total. The molecule has 9 heteroatoms. The Morgan fingerprint density at radius 2 is 1.93 bits per heavy atom. The van der Waals surface area contributed by atoms with Gasteiger partial charge in [-0.25, -0.2) is 4.98 Å². The van der Waals surface area contributed by atoms with Gasteiger partial charge in [-0.2, -0.15) is 18.2 Å². The Hall–Kier alpha value is -2.89. The number of rotatable bonds is 4. The van der Waals surface area contributed by atoms with Crippen molar-refractivity contribution >= 4 is 0 Å². The van der Waals surface area contributed by atoms with Crippen molar-refractivity contribution < 1.29 is 22.6 Å². The summed E-state index contributed by atoms with van der Waals surface area (Å²) in [4.78, 5) is 8.12. The molecule has 0 amide bonds. The second-order valence-corrected chi connectivity index (χ2v) is 6.85. The van der Waals surface area contributed by atoms with Gasteiger partial charge in [-0.05, 0) is 42.7 Å². The molecule has 0 bridgehead atoms. The summed E-state index contributed by atoms with van der Waals surface area (Å²) in [6.07, 6.45) is -0.729. The van der Waals surface area contributed by atoms with Crippen molar-refractivity contribution in [3.8, 4) is 35.0 Å². The van der Waals surface area contributed by atoms with Crippen molar-refractivity contribution in [3.05, 3.63) is 23.5 Å². The van der Waals surface area contributed by atoms with Crippen molar-refractivity contribution in [1.29, 1.82) is 0 Å². The van der Waals surface area contributed by atoms with Gasteiger partial charge in [-0.1, -0.05) is 5.92 Å². The van der Waals surface area contributed by atoms with Crippen molar-refractivity contribution in [2.45, 2.75) is 31.4 Å². The van der Waals surface area contributed by atoms with Crippen LogP contribution in [0.3, 0.4) is 0 Å². The van der Waals surface area contributed by atoms with Crippen molar-refractivity contribution in [3.63, 3.8) is 0 Å². The molecule has 0 unspecified atom stereocenters. The van der Waals surface area contributed by atoms with Gasteiger partial charge in [0.1, 0.15) is 11.4 Å². The minimum absolute atomic E-state index is 0.0307. The first kappa shape index (κ1) is 18.5. The molecule has 146 valence electrons. The zero-order valence-electron chi connectivity index (χ0n) is 15.2. The molecule has 2 fully saturated rings. The molecule has 0 spiro atoms. The third kappa shape index (κ3) is 3.72. The molecule has 28 heavy (non-hydrogen) atoms. The standard InChI is InChI=1S/C19H17F3N4O2/c1-27-17-13(9-23-18(24-17)28-2)16-8-12(11-7-14(11)19(20,21)22)15(25-26-16)6-5-10-3-4-10/h8-11,14H,3-4,7H2,1-2H3/t11-,14+/m1/s1. The summed E-state index contributed by atoms with van der Waals surface area (Å²) in [6.45, 7) is 0. The molecule has 2 atom stereocenters. The van der Waals surface area contributed by atoms with Crippen LogP contribution >= 0.6 is 0 Å². The Morgan fingerprint density at radius 1 is 1.14 bits per heavy atom. The Balaban J connectivity index is 1.74. The van der Waals surface area contributed by atoms with Crippen molar-refractivity contribution in [2.24, 2.45) is 11.8 Å². The normalized spacial score (nSPS) is 20.9. The summed E-state index contributed by atoms with van der Waals surface area (Å²) >= 11 is 0. The Morgan fingerprint density at radius 3 is 2.54 bits per heavy atom. The van der Waals surface area contributed by atoms with E-state index in [-0.39, 0.29) is 18.3 Å². The fourth-order valence-corrected chi connectivity index (χ4v) is 3.00. The van der Waals surface area contributed by atoms with Gasteiger partial charge in [0.2, 0.25) is 5.88 Å². The van der Waals surface area contributed by atoms with E-state index in [0.717, 1.165) is 12.8 Å². The smallest absolute Gasteiger partial charge is 0.392 e. The molecule has 0 aromatic carbocycles. The predicted octanol–water partition coefficient (Wildman–Crippen LogP) is 3.38. The first-order valence-electron chi connectivity index (χ1n) is 8.82. The lowest BCUT2D eigenvalue weighted by molar-refractivity contribution is -0.148. The summed E-state index contributed by atoms with van der Waals surface area (Å²) in [7, 11) is 2.85. The third-order valence-electron chi connectivity index (χ3n) is 4.79. The maximum absolute atomic E-state index is 13.1. The highest BCUT2D eigenvalue weighted by atomic mass is 19.4. The number of alkyl halides is 3. The molecule has 2 aromatic heterocycles. The molecule has 2 aromatic rings. The van der Waals surface area contributed by atoms with Crippen LogP contribution < -0.4 is 9.47 Å². The fraction of sp³-hybridized carbons (Fsp3) is 0.474. The van der Waals surface area contributed by atoms with Crippen LogP contribution in [-0.2, 0) is 0 Å². The Kier molecular flexibility index (Phi) is 4.57. The first-order chi connectivity index (χ1) is 13.4. The summed E-state index contributed by atoms with van der Waals surface area (Å²) in [6, 6.07) is 1.70. The van der Waals surface area contributed by atoms with Crippen molar-refractivity contribution in [1.82, 2.24) is 20.2 Å². The molecule has 2 aliphatic carbocycles. The van der Waals surface area contributed by atoms with E-state index in [1.54, 1.807) is 6.07 Å². The minimum Gasteiger partial charge on any atom is -0.480 e. The SMILES string of the molecule is COc1ncc(-c2cc([C@H]3C[C@@H]3C(F)(F)F)c(C#CC3CC3)nn2)c(OC)n1.